The van der Waals surface area contributed by atoms with Gasteiger partial charge in [0.25, 0.3) is 10.0 Å². The molecule has 0 unspecified atom stereocenters. The Bertz CT molecular complexity index is 1560. The highest BCUT2D eigenvalue weighted by molar-refractivity contribution is 7.92. The van der Waals surface area contributed by atoms with Gasteiger partial charge in [-0.1, -0.05) is 12.1 Å². The molecule has 0 radical (unpaired) electrons. The number of benzene rings is 2. The molecule has 0 bridgehead atoms. The topological polar surface area (TPSA) is 129 Å². The summed E-state index contributed by atoms with van der Waals surface area (Å²) >= 11 is 0. The van der Waals surface area contributed by atoms with Gasteiger partial charge in [-0.2, -0.15) is 0 Å². The summed E-state index contributed by atoms with van der Waals surface area (Å²) in [4.78, 5) is 22.1. The van der Waals surface area contributed by atoms with Crippen molar-refractivity contribution in [3.05, 3.63) is 71.2 Å². The van der Waals surface area contributed by atoms with Gasteiger partial charge in [-0.3, -0.25) is 9.52 Å². The average molecular weight is 494 g/mol. The van der Waals surface area contributed by atoms with Crippen LogP contribution in [-0.4, -0.2) is 35.8 Å². The van der Waals surface area contributed by atoms with Gasteiger partial charge in [0.15, 0.2) is 5.78 Å². The van der Waals surface area contributed by atoms with Crippen LogP contribution < -0.4 is 15.2 Å². The minimum absolute atomic E-state index is 0.0316. The second-order valence-corrected chi connectivity index (χ2v) is 10.3. The fourth-order valence-electron chi connectivity index (χ4n) is 3.96. The van der Waals surface area contributed by atoms with E-state index in [1.165, 1.54) is 19.5 Å². The maximum atomic E-state index is 13.6. The first-order valence-corrected chi connectivity index (χ1v) is 12.5. The van der Waals surface area contributed by atoms with Crippen LogP contribution in [0.25, 0.3) is 11.0 Å². The molecule has 9 nitrogen and oxygen atoms in total. The Morgan fingerprint density at radius 3 is 2.54 bits per heavy atom. The Morgan fingerprint density at radius 2 is 1.86 bits per heavy atom. The standard InChI is InChI=1S/C25H27N5O4S/c1-14(2)30-12-18(22-24(26)27-13-28-25(22)30)23(31)17-8-9-20(34-5)19(11-17)29-35(32,33)21-10-15(3)6-7-16(21)4/h6-14,29H,1-5H3,(H2,26,27,28). The normalized spacial score (nSPS) is 11.7. The van der Waals surface area contributed by atoms with Gasteiger partial charge in [0, 0.05) is 17.8 Å². The zero-order chi connectivity index (χ0) is 25.5. The van der Waals surface area contributed by atoms with Crippen LogP contribution in [0.1, 0.15) is 46.9 Å². The molecule has 0 aliphatic carbocycles. The highest BCUT2D eigenvalue weighted by Gasteiger charge is 2.24. The number of nitrogens with zero attached hydrogens (tertiary/aromatic N) is 3. The zero-order valence-corrected chi connectivity index (χ0v) is 21.0. The van der Waals surface area contributed by atoms with Crippen LogP contribution in [0.3, 0.4) is 0 Å². The molecule has 2 aromatic heterocycles. The van der Waals surface area contributed by atoms with E-state index in [1.807, 2.05) is 31.4 Å². The number of hydrogen-bond acceptors (Lipinski definition) is 7. The largest absolute Gasteiger partial charge is 0.495 e. The highest BCUT2D eigenvalue weighted by atomic mass is 32.2. The van der Waals surface area contributed by atoms with Crippen LogP contribution in [0.2, 0.25) is 0 Å². The number of aromatic nitrogens is 3. The minimum Gasteiger partial charge on any atom is -0.495 e. The zero-order valence-electron chi connectivity index (χ0n) is 20.2. The van der Waals surface area contributed by atoms with E-state index in [4.69, 9.17) is 10.5 Å². The Labute approximate surface area is 204 Å². The molecule has 35 heavy (non-hydrogen) atoms. The number of rotatable bonds is 7. The summed E-state index contributed by atoms with van der Waals surface area (Å²) in [5.74, 6) is 0.135. The third-order valence-corrected chi connectivity index (χ3v) is 7.29. The predicted octanol–water partition coefficient (Wildman–Crippen LogP) is 4.25. The summed E-state index contributed by atoms with van der Waals surface area (Å²) in [7, 11) is -2.51. The van der Waals surface area contributed by atoms with Gasteiger partial charge in [-0.25, -0.2) is 18.4 Å². The lowest BCUT2D eigenvalue weighted by atomic mass is 10.0. The molecule has 3 N–H and O–H groups in total. The molecule has 0 atom stereocenters. The number of nitrogens with two attached hydrogens (primary N) is 1. The van der Waals surface area contributed by atoms with Crippen LogP contribution in [0, 0.1) is 13.8 Å². The van der Waals surface area contributed by atoms with Gasteiger partial charge in [0.05, 0.1) is 28.6 Å². The molecule has 182 valence electrons. The van der Waals surface area contributed by atoms with Crippen LogP contribution in [0.15, 0.2) is 53.8 Å². The summed E-state index contributed by atoms with van der Waals surface area (Å²) in [6.07, 6.45) is 3.06. The molecular formula is C25H27N5O4S. The van der Waals surface area contributed by atoms with Gasteiger partial charge in [0.2, 0.25) is 0 Å². The van der Waals surface area contributed by atoms with E-state index in [9.17, 15) is 13.2 Å². The van der Waals surface area contributed by atoms with Crippen molar-refractivity contribution < 1.29 is 17.9 Å². The van der Waals surface area contributed by atoms with E-state index >= 15 is 0 Å². The van der Waals surface area contributed by atoms with Crippen molar-refractivity contribution in [3.8, 4) is 5.75 Å². The Balaban J connectivity index is 1.80. The number of anilines is 2. The summed E-state index contributed by atoms with van der Waals surface area (Å²) in [5, 5.41) is 0.458. The number of carbonyl (C=O) groups is 1. The predicted molar refractivity (Wildman–Crippen MR) is 135 cm³/mol. The molecule has 0 aliphatic heterocycles. The van der Waals surface area contributed by atoms with Crippen molar-refractivity contribution >= 4 is 38.3 Å². The summed E-state index contributed by atoms with van der Waals surface area (Å²) in [6.45, 7) is 7.49. The van der Waals surface area contributed by atoms with Gasteiger partial charge < -0.3 is 15.0 Å². The van der Waals surface area contributed by atoms with Gasteiger partial charge in [-0.05, 0) is 63.1 Å². The van der Waals surface area contributed by atoms with Crippen LogP contribution in [0.5, 0.6) is 5.75 Å². The summed E-state index contributed by atoms with van der Waals surface area (Å²) < 4.78 is 36.2. The third-order valence-electron chi connectivity index (χ3n) is 5.78. The first-order chi connectivity index (χ1) is 16.5. The number of ether oxygens (including phenoxy) is 1. The Kier molecular flexibility index (Phi) is 6.25. The van der Waals surface area contributed by atoms with Gasteiger partial charge in [0.1, 0.15) is 23.5 Å². The average Bonchev–Trinajstić information content (AvgIpc) is 3.21. The first kappa shape index (κ1) is 24.2. The molecule has 4 rings (SSSR count). The maximum absolute atomic E-state index is 13.6. The van der Waals surface area contributed by atoms with Gasteiger partial charge >= 0.3 is 0 Å². The molecule has 0 fully saturated rings. The number of nitrogen functional groups attached to an aromatic ring is 1. The molecule has 0 saturated carbocycles. The number of methoxy groups -OCH3 is 1. The SMILES string of the molecule is COc1ccc(C(=O)c2cn(C(C)C)c3ncnc(N)c23)cc1NS(=O)(=O)c1cc(C)ccc1C. The number of sulfonamides is 1. The fraction of sp³-hybridized carbons (Fsp3) is 0.240. The molecule has 10 heteroatoms. The van der Waals surface area contributed by atoms with E-state index in [2.05, 4.69) is 14.7 Å². The second-order valence-electron chi connectivity index (χ2n) is 8.62. The molecule has 2 aromatic carbocycles. The third kappa shape index (κ3) is 4.44. The van der Waals surface area contributed by atoms with Crippen molar-refractivity contribution in [1.29, 1.82) is 0 Å². The number of nitrogens with one attached hydrogen (secondary N) is 1. The molecule has 0 spiro atoms. The van der Waals surface area contributed by atoms with Crippen LogP contribution in [-0.2, 0) is 10.0 Å². The highest BCUT2D eigenvalue weighted by Crippen LogP contribution is 2.32. The number of fused-ring (bicyclic) bond motifs is 1. The van der Waals surface area contributed by atoms with Crippen molar-refractivity contribution in [2.24, 2.45) is 0 Å². The molecule has 0 saturated heterocycles. The second kappa shape index (κ2) is 9.03. The molecule has 4 aromatic rings. The lowest BCUT2D eigenvalue weighted by Gasteiger charge is -2.15. The van der Waals surface area contributed by atoms with Crippen molar-refractivity contribution in [2.75, 3.05) is 17.6 Å². The lowest BCUT2D eigenvalue weighted by Crippen LogP contribution is -2.15. The Hall–Kier alpha value is -3.92. The first-order valence-electron chi connectivity index (χ1n) is 11.0. The smallest absolute Gasteiger partial charge is 0.262 e. The number of aryl methyl sites for hydroxylation is 2. The van der Waals surface area contributed by atoms with Crippen LogP contribution in [0.4, 0.5) is 11.5 Å². The summed E-state index contributed by atoms with van der Waals surface area (Å²) in [5.41, 5.74) is 8.82. The van der Waals surface area contributed by atoms with Crippen LogP contribution >= 0.6 is 0 Å². The molecule has 0 amide bonds. The number of carbonyl (C=O) groups excluding carboxylic acids is 1. The van der Waals surface area contributed by atoms with Gasteiger partial charge in [-0.15, -0.1) is 0 Å². The number of ketones is 1. The molecule has 2 heterocycles. The van der Waals surface area contributed by atoms with E-state index in [0.29, 0.717) is 22.2 Å². The van der Waals surface area contributed by atoms with E-state index in [1.54, 1.807) is 37.4 Å². The quantitative estimate of drug-likeness (QED) is 0.368. The monoisotopic (exact) mass is 493 g/mol. The molecule has 0 aliphatic rings. The van der Waals surface area contributed by atoms with Crippen molar-refractivity contribution in [2.45, 2.75) is 38.6 Å². The van der Waals surface area contributed by atoms with Crippen molar-refractivity contribution in [1.82, 2.24) is 14.5 Å². The molecular weight excluding hydrogens is 466 g/mol. The van der Waals surface area contributed by atoms with Crippen molar-refractivity contribution in [3.63, 3.8) is 0 Å². The fourth-order valence-corrected chi connectivity index (χ4v) is 5.35. The van der Waals surface area contributed by atoms with E-state index in [-0.39, 0.29) is 39.5 Å². The minimum atomic E-state index is -3.94. The summed E-state index contributed by atoms with van der Waals surface area (Å²) in [6, 6.07) is 9.81. The van der Waals surface area contributed by atoms with E-state index in [0.717, 1.165) is 5.56 Å². The van der Waals surface area contributed by atoms with E-state index < -0.39 is 10.0 Å². The maximum Gasteiger partial charge on any atom is 0.262 e. The number of hydrogen-bond donors (Lipinski definition) is 2. The Morgan fingerprint density at radius 1 is 1.11 bits per heavy atom. The lowest BCUT2D eigenvalue weighted by molar-refractivity contribution is 0.104.